The molecule has 1 fully saturated rings. The first-order chi connectivity index (χ1) is 7.65. The molecular weight excluding hydrogens is 315 g/mol. The van der Waals surface area contributed by atoms with E-state index in [2.05, 4.69) is 46.8 Å². The monoisotopic (exact) mass is 334 g/mol. The highest BCUT2D eigenvalue weighted by Gasteiger charge is 2.23. The molecule has 2 rings (SSSR count). The maximum atomic E-state index is 5.54. The van der Waals surface area contributed by atoms with E-state index in [-0.39, 0.29) is 0 Å². The molecule has 90 valence electrons. The Bertz CT molecular complexity index is 340. The van der Waals surface area contributed by atoms with Gasteiger partial charge >= 0.3 is 0 Å². The molecule has 1 aliphatic heterocycles. The summed E-state index contributed by atoms with van der Waals surface area (Å²) in [7, 11) is 2.20. The minimum absolute atomic E-state index is 0.624. The van der Waals surface area contributed by atoms with Gasteiger partial charge < -0.3 is 14.6 Å². The molecule has 2 atom stereocenters. The van der Waals surface area contributed by atoms with Gasteiger partial charge in [-0.05, 0) is 60.7 Å². The lowest BCUT2D eigenvalue weighted by Gasteiger charge is -2.35. The number of nitrogens with one attached hydrogen (secondary N) is 1. The lowest BCUT2D eigenvalue weighted by Crippen LogP contribution is -2.46. The van der Waals surface area contributed by atoms with Crippen LogP contribution in [0.3, 0.4) is 0 Å². The third kappa shape index (κ3) is 3.21. The summed E-state index contributed by atoms with van der Waals surface area (Å²) in [6.07, 6.45) is 1.23. The van der Waals surface area contributed by atoms with Gasteiger partial charge in [-0.25, -0.2) is 0 Å². The summed E-state index contributed by atoms with van der Waals surface area (Å²) >= 11 is 2.20. The van der Waals surface area contributed by atoms with E-state index in [0.29, 0.717) is 12.0 Å². The number of halogens is 1. The van der Waals surface area contributed by atoms with E-state index >= 15 is 0 Å². The van der Waals surface area contributed by atoms with E-state index in [1.807, 2.05) is 12.1 Å². The van der Waals surface area contributed by atoms with Crippen LogP contribution in [0.15, 0.2) is 16.5 Å². The molecule has 16 heavy (non-hydrogen) atoms. The Balaban J connectivity index is 1.81. The summed E-state index contributed by atoms with van der Waals surface area (Å²) in [6.45, 7) is 5.55. The second-order valence-electron chi connectivity index (χ2n) is 4.72. The maximum Gasteiger partial charge on any atom is 0.164 e. The maximum absolute atomic E-state index is 5.54. The van der Waals surface area contributed by atoms with Crippen LogP contribution in [-0.2, 0) is 6.54 Å². The van der Waals surface area contributed by atoms with Crippen molar-refractivity contribution in [2.45, 2.75) is 25.9 Å². The van der Waals surface area contributed by atoms with Crippen molar-refractivity contribution in [2.24, 2.45) is 5.92 Å². The van der Waals surface area contributed by atoms with Crippen LogP contribution >= 0.6 is 22.6 Å². The van der Waals surface area contributed by atoms with Gasteiger partial charge in [-0.2, -0.15) is 0 Å². The van der Waals surface area contributed by atoms with Crippen molar-refractivity contribution in [2.75, 3.05) is 20.1 Å². The van der Waals surface area contributed by atoms with Crippen LogP contribution in [0.25, 0.3) is 0 Å². The van der Waals surface area contributed by atoms with Crippen molar-refractivity contribution in [1.82, 2.24) is 10.2 Å². The molecule has 1 N–H and O–H groups in total. The van der Waals surface area contributed by atoms with E-state index in [4.69, 9.17) is 4.42 Å². The molecule has 0 aromatic carbocycles. The standard InChI is InChI=1S/C12H19IN2O/c1-9-8-15(2)6-5-11(9)14-7-10-3-4-12(13)16-10/h3-4,9,11,14H,5-8H2,1-2H3. The van der Waals surface area contributed by atoms with Gasteiger partial charge in [-0.3, -0.25) is 0 Å². The lowest BCUT2D eigenvalue weighted by atomic mass is 9.94. The Labute approximate surface area is 111 Å². The van der Waals surface area contributed by atoms with Gasteiger partial charge in [0.2, 0.25) is 0 Å². The van der Waals surface area contributed by atoms with Crippen molar-refractivity contribution in [1.29, 1.82) is 0 Å². The highest BCUT2D eigenvalue weighted by molar-refractivity contribution is 14.1. The SMILES string of the molecule is CC1CN(C)CCC1NCc1ccc(I)o1. The number of piperidine rings is 1. The normalized spacial score (nSPS) is 27.2. The molecule has 2 unspecified atom stereocenters. The highest BCUT2D eigenvalue weighted by Crippen LogP contribution is 2.16. The van der Waals surface area contributed by atoms with Gasteiger partial charge in [0.1, 0.15) is 5.76 Å². The second kappa shape index (κ2) is 5.51. The molecule has 1 aromatic heterocycles. The Kier molecular flexibility index (Phi) is 4.27. The first-order valence-corrected chi connectivity index (χ1v) is 6.89. The van der Waals surface area contributed by atoms with E-state index in [1.54, 1.807) is 0 Å². The molecular formula is C12H19IN2O. The molecule has 1 saturated heterocycles. The lowest BCUT2D eigenvalue weighted by molar-refractivity contribution is 0.172. The number of rotatable bonds is 3. The van der Waals surface area contributed by atoms with Crippen LogP contribution in [0.1, 0.15) is 19.1 Å². The number of furan rings is 1. The average Bonchev–Trinajstić information content (AvgIpc) is 2.63. The van der Waals surface area contributed by atoms with Crippen molar-refractivity contribution >= 4 is 22.6 Å². The minimum Gasteiger partial charge on any atom is -0.454 e. The molecule has 0 bridgehead atoms. The molecule has 0 amide bonds. The summed E-state index contributed by atoms with van der Waals surface area (Å²) in [4.78, 5) is 2.40. The van der Waals surface area contributed by atoms with Crippen molar-refractivity contribution < 1.29 is 4.42 Å². The third-order valence-electron chi connectivity index (χ3n) is 3.28. The fraction of sp³-hybridized carbons (Fsp3) is 0.667. The summed E-state index contributed by atoms with van der Waals surface area (Å²) in [5.74, 6) is 1.75. The molecule has 2 heterocycles. The van der Waals surface area contributed by atoms with Gasteiger partial charge in [0.15, 0.2) is 3.77 Å². The van der Waals surface area contributed by atoms with Gasteiger partial charge in [-0.1, -0.05) is 6.92 Å². The Morgan fingerprint density at radius 3 is 3.00 bits per heavy atom. The molecule has 1 aromatic rings. The Morgan fingerprint density at radius 2 is 2.38 bits per heavy atom. The molecule has 0 radical (unpaired) electrons. The highest BCUT2D eigenvalue weighted by atomic mass is 127. The number of hydrogen-bond acceptors (Lipinski definition) is 3. The van der Waals surface area contributed by atoms with Gasteiger partial charge in [0, 0.05) is 12.6 Å². The largest absolute Gasteiger partial charge is 0.454 e. The topological polar surface area (TPSA) is 28.4 Å². The quantitative estimate of drug-likeness (QED) is 0.860. The molecule has 0 aliphatic carbocycles. The molecule has 1 aliphatic rings. The second-order valence-corrected chi connectivity index (χ2v) is 5.78. The fourth-order valence-corrected chi connectivity index (χ4v) is 2.80. The first-order valence-electron chi connectivity index (χ1n) is 5.81. The smallest absolute Gasteiger partial charge is 0.164 e. The van der Waals surface area contributed by atoms with Crippen LogP contribution in [-0.4, -0.2) is 31.1 Å². The number of nitrogens with zero attached hydrogens (tertiary/aromatic N) is 1. The average molecular weight is 334 g/mol. The predicted octanol–water partition coefficient (Wildman–Crippen LogP) is 2.31. The molecule has 0 saturated carbocycles. The Hall–Kier alpha value is -0.0700. The van der Waals surface area contributed by atoms with Crippen LogP contribution in [0.2, 0.25) is 0 Å². The van der Waals surface area contributed by atoms with Crippen molar-refractivity contribution in [3.05, 3.63) is 21.7 Å². The van der Waals surface area contributed by atoms with E-state index in [0.717, 1.165) is 16.1 Å². The van der Waals surface area contributed by atoms with E-state index in [9.17, 15) is 0 Å². The van der Waals surface area contributed by atoms with Crippen molar-refractivity contribution in [3.8, 4) is 0 Å². The molecule has 0 spiro atoms. The molecule has 4 heteroatoms. The fourth-order valence-electron chi connectivity index (χ4n) is 2.34. The third-order valence-corrected chi connectivity index (χ3v) is 3.86. The van der Waals surface area contributed by atoms with Crippen LogP contribution in [0.5, 0.6) is 0 Å². The summed E-state index contributed by atoms with van der Waals surface area (Å²) in [6, 6.07) is 4.68. The van der Waals surface area contributed by atoms with E-state index < -0.39 is 0 Å². The van der Waals surface area contributed by atoms with E-state index in [1.165, 1.54) is 19.5 Å². The Morgan fingerprint density at radius 1 is 1.56 bits per heavy atom. The zero-order valence-electron chi connectivity index (χ0n) is 9.87. The zero-order chi connectivity index (χ0) is 11.5. The summed E-state index contributed by atoms with van der Waals surface area (Å²) in [5, 5.41) is 3.60. The zero-order valence-corrected chi connectivity index (χ0v) is 12.0. The van der Waals surface area contributed by atoms with Crippen LogP contribution in [0, 0.1) is 9.68 Å². The predicted molar refractivity (Wildman–Crippen MR) is 73.3 cm³/mol. The summed E-state index contributed by atoms with van der Waals surface area (Å²) in [5.41, 5.74) is 0. The summed E-state index contributed by atoms with van der Waals surface area (Å²) < 4.78 is 6.51. The first kappa shape index (κ1) is 12.4. The van der Waals surface area contributed by atoms with Gasteiger partial charge in [0.25, 0.3) is 0 Å². The van der Waals surface area contributed by atoms with Crippen molar-refractivity contribution in [3.63, 3.8) is 0 Å². The molecule has 3 nitrogen and oxygen atoms in total. The number of likely N-dealkylation sites (tertiary alicyclic amines) is 1. The minimum atomic E-state index is 0.624. The van der Waals surface area contributed by atoms with Gasteiger partial charge in [0.05, 0.1) is 6.54 Å². The number of hydrogen-bond donors (Lipinski definition) is 1. The van der Waals surface area contributed by atoms with Crippen LogP contribution < -0.4 is 5.32 Å². The van der Waals surface area contributed by atoms with Gasteiger partial charge in [-0.15, -0.1) is 0 Å². The van der Waals surface area contributed by atoms with Crippen LogP contribution in [0.4, 0.5) is 0 Å².